The topological polar surface area (TPSA) is 68.0 Å². The predicted molar refractivity (Wildman–Crippen MR) is 48.4 cm³/mol. The van der Waals surface area contributed by atoms with Crippen LogP contribution in [0.1, 0.15) is 37.9 Å². The highest BCUT2D eigenvalue weighted by molar-refractivity contribution is 5.84. The molecule has 88 valence electrons. The standard InChI is InChI=1S/C9H11F2N3O2/c1-9(2-3-9)8(15)12-4-5-13-7(6(10)11)14-16-5/h6H,2-4H2,1H3,(H,12,15). The van der Waals surface area contributed by atoms with Gasteiger partial charge in [-0.3, -0.25) is 4.79 Å². The number of carbonyl (C=O) groups is 1. The SMILES string of the molecule is CC1(C(=O)NCc2nc(C(F)F)no2)CC1. The molecule has 1 aromatic heterocycles. The first kappa shape index (κ1) is 11.0. The Morgan fingerprint density at radius 3 is 2.81 bits per heavy atom. The van der Waals surface area contributed by atoms with Crippen molar-refractivity contribution in [3.8, 4) is 0 Å². The molecular formula is C9H11F2N3O2. The summed E-state index contributed by atoms with van der Waals surface area (Å²) in [5, 5.41) is 5.66. The van der Waals surface area contributed by atoms with E-state index in [1.54, 1.807) is 0 Å². The third kappa shape index (κ3) is 2.17. The molecule has 0 aliphatic heterocycles. The largest absolute Gasteiger partial charge is 0.347 e. The second-order valence-corrected chi connectivity index (χ2v) is 4.09. The number of amides is 1. The first-order chi connectivity index (χ1) is 7.51. The first-order valence-corrected chi connectivity index (χ1v) is 4.90. The van der Waals surface area contributed by atoms with Crippen molar-refractivity contribution in [3.05, 3.63) is 11.7 Å². The van der Waals surface area contributed by atoms with Crippen LogP contribution < -0.4 is 5.32 Å². The summed E-state index contributed by atoms with van der Waals surface area (Å²) in [6, 6.07) is 0. The number of rotatable bonds is 4. The van der Waals surface area contributed by atoms with Gasteiger partial charge in [0.15, 0.2) is 0 Å². The molecule has 0 radical (unpaired) electrons. The van der Waals surface area contributed by atoms with Gasteiger partial charge in [-0.1, -0.05) is 12.1 Å². The number of nitrogens with one attached hydrogen (secondary N) is 1. The Morgan fingerprint density at radius 2 is 2.31 bits per heavy atom. The van der Waals surface area contributed by atoms with Crippen molar-refractivity contribution >= 4 is 5.91 Å². The number of aromatic nitrogens is 2. The average Bonchev–Trinajstić information content (AvgIpc) is 2.82. The van der Waals surface area contributed by atoms with Crippen molar-refractivity contribution in [2.24, 2.45) is 5.41 Å². The van der Waals surface area contributed by atoms with Crippen molar-refractivity contribution in [2.75, 3.05) is 0 Å². The molecule has 0 saturated heterocycles. The maximum absolute atomic E-state index is 12.1. The lowest BCUT2D eigenvalue weighted by molar-refractivity contribution is -0.126. The van der Waals surface area contributed by atoms with E-state index >= 15 is 0 Å². The van der Waals surface area contributed by atoms with Gasteiger partial charge in [0.25, 0.3) is 0 Å². The summed E-state index contributed by atoms with van der Waals surface area (Å²) in [5.41, 5.74) is -0.300. The third-order valence-corrected chi connectivity index (χ3v) is 2.63. The second-order valence-electron chi connectivity index (χ2n) is 4.09. The highest BCUT2D eigenvalue weighted by atomic mass is 19.3. The first-order valence-electron chi connectivity index (χ1n) is 4.90. The zero-order valence-corrected chi connectivity index (χ0v) is 8.67. The number of alkyl halides is 2. The summed E-state index contributed by atoms with van der Waals surface area (Å²) in [7, 11) is 0. The van der Waals surface area contributed by atoms with Gasteiger partial charge < -0.3 is 9.84 Å². The molecule has 1 N–H and O–H groups in total. The molecule has 5 nitrogen and oxygen atoms in total. The Kier molecular flexibility index (Phi) is 2.61. The van der Waals surface area contributed by atoms with Gasteiger partial charge in [0.1, 0.15) is 0 Å². The minimum Gasteiger partial charge on any atom is -0.347 e. The molecule has 1 aliphatic rings. The van der Waals surface area contributed by atoms with E-state index in [-0.39, 0.29) is 23.8 Å². The zero-order chi connectivity index (χ0) is 11.8. The van der Waals surface area contributed by atoms with Crippen LogP contribution in [0.15, 0.2) is 4.52 Å². The molecule has 0 spiro atoms. The summed E-state index contributed by atoms with van der Waals surface area (Å²) in [6.45, 7) is 1.84. The van der Waals surface area contributed by atoms with Crippen LogP contribution in [0, 0.1) is 5.41 Å². The van der Waals surface area contributed by atoms with E-state index in [1.807, 2.05) is 6.92 Å². The lowest BCUT2D eigenvalue weighted by Gasteiger charge is -2.06. The van der Waals surface area contributed by atoms with Crippen molar-refractivity contribution in [1.29, 1.82) is 0 Å². The molecule has 1 heterocycles. The molecule has 1 amide bonds. The van der Waals surface area contributed by atoms with E-state index in [9.17, 15) is 13.6 Å². The summed E-state index contributed by atoms with van der Waals surface area (Å²) >= 11 is 0. The quantitative estimate of drug-likeness (QED) is 0.850. The van der Waals surface area contributed by atoms with Crippen LogP contribution in [0.2, 0.25) is 0 Å². The van der Waals surface area contributed by atoms with Crippen LogP contribution in [-0.4, -0.2) is 16.0 Å². The molecule has 1 aliphatic carbocycles. The maximum atomic E-state index is 12.1. The summed E-state index contributed by atoms with van der Waals surface area (Å²) in [4.78, 5) is 14.9. The molecule has 16 heavy (non-hydrogen) atoms. The van der Waals surface area contributed by atoms with E-state index in [0.717, 1.165) is 12.8 Å². The van der Waals surface area contributed by atoms with Crippen LogP contribution >= 0.6 is 0 Å². The predicted octanol–water partition coefficient (Wildman–Crippen LogP) is 1.42. The monoisotopic (exact) mass is 231 g/mol. The molecule has 0 bridgehead atoms. The number of hydrogen-bond acceptors (Lipinski definition) is 4. The minimum absolute atomic E-state index is 0.00581. The van der Waals surface area contributed by atoms with Crippen LogP contribution in [0.5, 0.6) is 0 Å². The Labute approximate surface area is 90.2 Å². The summed E-state index contributed by atoms with van der Waals surface area (Å²) < 4.78 is 28.8. The molecular weight excluding hydrogens is 220 g/mol. The average molecular weight is 231 g/mol. The number of nitrogens with zero attached hydrogens (tertiary/aromatic N) is 2. The molecule has 0 aromatic carbocycles. The van der Waals surface area contributed by atoms with Gasteiger partial charge in [-0.05, 0) is 12.8 Å². The van der Waals surface area contributed by atoms with Gasteiger partial charge >= 0.3 is 6.43 Å². The van der Waals surface area contributed by atoms with E-state index in [2.05, 4.69) is 20.0 Å². The van der Waals surface area contributed by atoms with E-state index in [4.69, 9.17) is 0 Å². The molecule has 1 aromatic rings. The van der Waals surface area contributed by atoms with Crippen molar-refractivity contribution in [3.63, 3.8) is 0 Å². The summed E-state index contributed by atoms with van der Waals surface area (Å²) in [5.74, 6) is -0.765. The van der Waals surface area contributed by atoms with Crippen LogP contribution in [0.4, 0.5) is 8.78 Å². The van der Waals surface area contributed by atoms with Crippen molar-refractivity contribution in [2.45, 2.75) is 32.7 Å². The Bertz CT molecular complexity index is 401. The van der Waals surface area contributed by atoms with Gasteiger partial charge in [-0.2, -0.15) is 4.98 Å². The molecule has 0 unspecified atom stereocenters. The highest BCUT2D eigenvalue weighted by Gasteiger charge is 2.44. The van der Waals surface area contributed by atoms with E-state index in [1.165, 1.54) is 0 Å². The fourth-order valence-electron chi connectivity index (χ4n) is 1.21. The minimum atomic E-state index is -2.76. The molecule has 2 rings (SSSR count). The Balaban J connectivity index is 1.87. The normalized spacial score (nSPS) is 17.5. The van der Waals surface area contributed by atoms with Gasteiger partial charge in [0, 0.05) is 5.41 Å². The highest BCUT2D eigenvalue weighted by Crippen LogP contribution is 2.44. The van der Waals surface area contributed by atoms with Gasteiger partial charge in [-0.25, -0.2) is 8.78 Å². The Hall–Kier alpha value is -1.53. The van der Waals surface area contributed by atoms with Crippen LogP contribution in [0.3, 0.4) is 0 Å². The zero-order valence-electron chi connectivity index (χ0n) is 8.67. The number of carbonyl (C=O) groups excluding carboxylic acids is 1. The van der Waals surface area contributed by atoms with Gasteiger partial charge in [0.2, 0.25) is 17.6 Å². The Morgan fingerprint density at radius 1 is 1.62 bits per heavy atom. The van der Waals surface area contributed by atoms with Gasteiger partial charge in [0.05, 0.1) is 6.54 Å². The molecule has 1 fully saturated rings. The van der Waals surface area contributed by atoms with Crippen molar-refractivity contribution in [1.82, 2.24) is 15.5 Å². The second kappa shape index (κ2) is 3.80. The van der Waals surface area contributed by atoms with E-state index in [0.29, 0.717) is 0 Å². The van der Waals surface area contributed by atoms with Crippen LogP contribution in [-0.2, 0) is 11.3 Å². The number of hydrogen-bond donors (Lipinski definition) is 1. The molecule has 7 heteroatoms. The number of halogens is 2. The molecule has 0 atom stereocenters. The summed E-state index contributed by atoms with van der Waals surface area (Å²) in [6.07, 6.45) is -1.05. The maximum Gasteiger partial charge on any atom is 0.300 e. The molecule has 1 saturated carbocycles. The van der Waals surface area contributed by atoms with Gasteiger partial charge in [-0.15, -0.1) is 0 Å². The lowest BCUT2D eigenvalue weighted by Crippen LogP contribution is -2.29. The lowest BCUT2D eigenvalue weighted by atomic mass is 10.1. The third-order valence-electron chi connectivity index (χ3n) is 2.63. The van der Waals surface area contributed by atoms with E-state index < -0.39 is 12.2 Å². The fraction of sp³-hybridized carbons (Fsp3) is 0.667. The smallest absolute Gasteiger partial charge is 0.300 e. The van der Waals surface area contributed by atoms with Crippen LogP contribution in [0.25, 0.3) is 0 Å². The van der Waals surface area contributed by atoms with Crippen molar-refractivity contribution < 1.29 is 18.1 Å². The fourth-order valence-corrected chi connectivity index (χ4v) is 1.21.